The zero-order valence-corrected chi connectivity index (χ0v) is 20.7. The van der Waals surface area contributed by atoms with Gasteiger partial charge in [-0.25, -0.2) is 9.59 Å². The molecule has 0 bridgehead atoms. The molecule has 2 amide bonds. The van der Waals surface area contributed by atoms with Crippen molar-refractivity contribution in [3.05, 3.63) is 108 Å². The van der Waals surface area contributed by atoms with Gasteiger partial charge >= 0.3 is 11.9 Å². The van der Waals surface area contributed by atoms with Gasteiger partial charge in [-0.1, -0.05) is 42.0 Å². The van der Waals surface area contributed by atoms with Crippen LogP contribution < -0.4 is 14.4 Å². The molecule has 0 radical (unpaired) electrons. The van der Waals surface area contributed by atoms with E-state index in [1.54, 1.807) is 66.7 Å². The highest BCUT2D eigenvalue weighted by Crippen LogP contribution is 2.38. The molecule has 7 nitrogen and oxygen atoms in total. The average molecular weight is 508 g/mol. The summed E-state index contributed by atoms with van der Waals surface area (Å²) in [6.07, 6.45) is 7.92. The molecule has 190 valence electrons. The smallest absolute Gasteiger partial charge is 0.343 e. The molecule has 2 unspecified atom stereocenters. The van der Waals surface area contributed by atoms with E-state index in [0.717, 1.165) is 11.1 Å². The first-order chi connectivity index (χ1) is 18.4. The van der Waals surface area contributed by atoms with Crippen LogP contribution in [-0.2, 0) is 14.4 Å². The molecule has 0 N–H and O–H groups in total. The predicted octanol–water partition coefficient (Wildman–Crippen LogP) is 5.29. The lowest BCUT2D eigenvalue weighted by molar-refractivity contribution is -0.129. The third kappa shape index (κ3) is 5.32. The molecule has 0 spiro atoms. The van der Waals surface area contributed by atoms with Gasteiger partial charge in [0.05, 0.1) is 23.1 Å². The number of nitrogens with zero attached hydrogens (tertiary/aromatic N) is 1. The minimum atomic E-state index is -0.585. The molecule has 1 heterocycles. The number of benzene rings is 3. The van der Waals surface area contributed by atoms with Gasteiger partial charge in [0.2, 0.25) is 11.8 Å². The Hall–Kier alpha value is -4.78. The van der Waals surface area contributed by atoms with Crippen LogP contribution in [0, 0.1) is 18.8 Å². The van der Waals surface area contributed by atoms with Crippen molar-refractivity contribution in [3.8, 4) is 11.5 Å². The van der Waals surface area contributed by atoms with Gasteiger partial charge in [-0.15, -0.1) is 0 Å². The number of hydrogen-bond donors (Lipinski definition) is 0. The molecule has 7 heteroatoms. The second-order valence-electron chi connectivity index (χ2n) is 9.24. The van der Waals surface area contributed by atoms with Gasteiger partial charge < -0.3 is 9.47 Å². The maximum absolute atomic E-state index is 12.7. The molecule has 1 aliphatic carbocycles. The number of esters is 2. The van der Waals surface area contributed by atoms with Crippen LogP contribution in [0.4, 0.5) is 5.69 Å². The summed E-state index contributed by atoms with van der Waals surface area (Å²) in [5.41, 5.74) is 2.70. The number of aryl methyl sites for hydroxylation is 1. The molecule has 3 aromatic carbocycles. The van der Waals surface area contributed by atoms with Crippen LogP contribution in [-0.4, -0.2) is 23.8 Å². The van der Waals surface area contributed by atoms with Crippen molar-refractivity contribution >= 4 is 35.5 Å². The Morgan fingerprint density at radius 3 is 1.92 bits per heavy atom. The molecule has 1 saturated heterocycles. The molecule has 0 aromatic heterocycles. The maximum atomic E-state index is 12.7. The summed E-state index contributed by atoms with van der Waals surface area (Å²) in [5, 5.41) is 0. The number of hydrogen-bond acceptors (Lipinski definition) is 6. The number of imide groups is 1. The Bertz CT molecular complexity index is 1410. The van der Waals surface area contributed by atoms with E-state index in [2.05, 4.69) is 0 Å². The first kappa shape index (κ1) is 24.9. The summed E-state index contributed by atoms with van der Waals surface area (Å²) < 4.78 is 10.7. The molecule has 5 rings (SSSR count). The summed E-state index contributed by atoms with van der Waals surface area (Å²) >= 11 is 0. The summed E-state index contributed by atoms with van der Waals surface area (Å²) in [6.45, 7) is 1.94. The Morgan fingerprint density at radius 1 is 0.763 bits per heavy atom. The van der Waals surface area contributed by atoms with Crippen LogP contribution in [0.1, 0.15) is 34.3 Å². The van der Waals surface area contributed by atoms with Gasteiger partial charge in [0.1, 0.15) is 11.5 Å². The molecule has 1 aliphatic heterocycles. The highest BCUT2D eigenvalue weighted by molar-refractivity contribution is 6.22. The molecular weight excluding hydrogens is 482 g/mol. The molecule has 1 fully saturated rings. The highest BCUT2D eigenvalue weighted by atomic mass is 16.5. The van der Waals surface area contributed by atoms with E-state index in [1.165, 1.54) is 11.0 Å². The van der Waals surface area contributed by atoms with Crippen LogP contribution in [0.3, 0.4) is 0 Å². The van der Waals surface area contributed by atoms with Crippen LogP contribution >= 0.6 is 0 Å². The van der Waals surface area contributed by atoms with E-state index < -0.39 is 11.9 Å². The largest absolute Gasteiger partial charge is 0.423 e. The number of amides is 2. The monoisotopic (exact) mass is 507 g/mol. The quantitative estimate of drug-likeness (QED) is 0.148. The summed E-state index contributed by atoms with van der Waals surface area (Å²) in [5.74, 6) is -1.33. The zero-order valence-electron chi connectivity index (χ0n) is 20.7. The van der Waals surface area contributed by atoms with Crippen LogP contribution in [0.25, 0.3) is 6.08 Å². The Morgan fingerprint density at radius 2 is 1.32 bits per heavy atom. The zero-order chi connectivity index (χ0) is 26.6. The van der Waals surface area contributed by atoms with Crippen LogP contribution in [0.15, 0.2) is 91.0 Å². The standard InChI is InChI=1S/C31H25NO6/c1-20-6-11-22(12-7-20)31(36)38-25-15-8-21(9-16-25)10-19-28(33)37-24-17-13-23(14-18-24)32-29(34)26-4-2-3-5-27(26)30(32)35/h2-3,6-19,26-27H,4-5H2,1H3/b19-10+. The van der Waals surface area contributed by atoms with E-state index in [9.17, 15) is 19.2 Å². The normalized spacial score (nSPS) is 18.5. The fraction of sp³-hybridized carbons (Fsp3) is 0.161. The number of carbonyl (C=O) groups excluding carboxylic acids is 4. The molecule has 2 atom stereocenters. The predicted molar refractivity (Wildman–Crippen MR) is 142 cm³/mol. The molecule has 0 saturated carbocycles. The fourth-order valence-corrected chi connectivity index (χ4v) is 4.54. The minimum Gasteiger partial charge on any atom is -0.423 e. The molecule has 3 aromatic rings. The number of ether oxygens (including phenoxy) is 2. The van der Waals surface area contributed by atoms with Crippen molar-refractivity contribution in [2.45, 2.75) is 19.8 Å². The number of anilines is 1. The van der Waals surface area contributed by atoms with Crippen LogP contribution in [0.5, 0.6) is 11.5 Å². The van der Waals surface area contributed by atoms with Crippen molar-refractivity contribution in [1.82, 2.24) is 0 Å². The minimum absolute atomic E-state index is 0.187. The summed E-state index contributed by atoms with van der Waals surface area (Å²) in [6, 6.07) is 20.1. The van der Waals surface area contributed by atoms with Gasteiger partial charge in [-0.3, -0.25) is 14.5 Å². The Kier molecular flexibility index (Phi) is 7.00. The number of carbonyl (C=O) groups is 4. The Labute approximate surface area is 220 Å². The van der Waals surface area contributed by atoms with E-state index in [-0.39, 0.29) is 23.7 Å². The van der Waals surface area contributed by atoms with Crippen LogP contribution in [0.2, 0.25) is 0 Å². The van der Waals surface area contributed by atoms with E-state index in [4.69, 9.17) is 9.47 Å². The maximum Gasteiger partial charge on any atom is 0.343 e. The van der Waals surface area contributed by atoms with Gasteiger partial charge in [-0.2, -0.15) is 0 Å². The number of fused-ring (bicyclic) bond motifs is 1. The Balaban J connectivity index is 1.15. The number of rotatable bonds is 6. The average Bonchev–Trinajstić information content (AvgIpc) is 3.19. The van der Waals surface area contributed by atoms with Crippen molar-refractivity contribution < 1.29 is 28.7 Å². The summed E-state index contributed by atoms with van der Waals surface area (Å²) in [4.78, 5) is 51.2. The third-order valence-electron chi connectivity index (χ3n) is 6.61. The SMILES string of the molecule is Cc1ccc(C(=O)Oc2ccc(/C=C/C(=O)Oc3ccc(N4C(=O)C5CC=CCC5C4=O)cc3)cc2)cc1. The van der Waals surface area contributed by atoms with Crippen molar-refractivity contribution in [2.24, 2.45) is 11.8 Å². The first-order valence-electron chi connectivity index (χ1n) is 12.3. The van der Waals surface area contributed by atoms with Crippen molar-refractivity contribution in [2.75, 3.05) is 4.90 Å². The second kappa shape index (κ2) is 10.7. The van der Waals surface area contributed by atoms with Gasteiger partial charge in [0, 0.05) is 6.08 Å². The van der Waals surface area contributed by atoms with E-state index in [1.807, 2.05) is 31.2 Å². The summed E-state index contributed by atoms with van der Waals surface area (Å²) in [7, 11) is 0. The fourth-order valence-electron chi connectivity index (χ4n) is 4.54. The van der Waals surface area contributed by atoms with E-state index >= 15 is 0 Å². The van der Waals surface area contributed by atoms with Gasteiger partial charge in [-0.05, 0) is 79.9 Å². The lowest BCUT2D eigenvalue weighted by atomic mass is 9.85. The van der Waals surface area contributed by atoms with Gasteiger partial charge in [0.25, 0.3) is 0 Å². The topological polar surface area (TPSA) is 90.0 Å². The molecular formula is C31H25NO6. The van der Waals surface area contributed by atoms with Gasteiger partial charge in [0.15, 0.2) is 0 Å². The lowest BCUT2D eigenvalue weighted by Gasteiger charge is -2.15. The number of allylic oxidation sites excluding steroid dienone is 2. The van der Waals surface area contributed by atoms with Crippen molar-refractivity contribution in [3.63, 3.8) is 0 Å². The third-order valence-corrected chi connectivity index (χ3v) is 6.61. The lowest BCUT2D eigenvalue weighted by Crippen LogP contribution is -2.30. The first-order valence-corrected chi connectivity index (χ1v) is 12.3. The van der Waals surface area contributed by atoms with E-state index in [0.29, 0.717) is 35.6 Å². The second-order valence-corrected chi connectivity index (χ2v) is 9.24. The molecule has 2 aliphatic rings. The highest BCUT2D eigenvalue weighted by Gasteiger charge is 2.47. The molecule has 38 heavy (non-hydrogen) atoms. The van der Waals surface area contributed by atoms with Crippen molar-refractivity contribution in [1.29, 1.82) is 0 Å².